The van der Waals surface area contributed by atoms with Gasteiger partial charge in [-0.25, -0.2) is 4.90 Å². The maximum Gasteiger partial charge on any atom is 0.238 e. The number of ether oxygens (including phenoxy) is 1. The second kappa shape index (κ2) is 6.60. The second-order valence-electron chi connectivity index (χ2n) is 7.76. The van der Waals surface area contributed by atoms with Gasteiger partial charge in [-0.1, -0.05) is 59.7 Å². The molecule has 1 saturated heterocycles. The van der Waals surface area contributed by atoms with Crippen LogP contribution in [0.5, 0.6) is 5.75 Å². The number of allylic oxidation sites excluding steroid dienone is 4. The van der Waals surface area contributed by atoms with Crippen molar-refractivity contribution < 1.29 is 14.3 Å². The summed E-state index contributed by atoms with van der Waals surface area (Å²) >= 11 is 6.15. The molecule has 2 fully saturated rings. The monoisotopic (exact) mass is 405 g/mol. The van der Waals surface area contributed by atoms with Crippen molar-refractivity contribution in [1.29, 1.82) is 0 Å². The number of rotatable bonds is 3. The first-order valence-electron chi connectivity index (χ1n) is 9.68. The lowest BCUT2D eigenvalue weighted by molar-refractivity contribution is -0.123. The maximum atomic E-state index is 13.4. The predicted molar refractivity (Wildman–Crippen MR) is 113 cm³/mol. The minimum atomic E-state index is -0.366. The number of methoxy groups -OCH3 is 1. The molecule has 0 aromatic heterocycles. The van der Waals surface area contributed by atoms with E-state index in [4.69, 9.17) is 16.3 Å². The van der Waals surface area contributed by atoms with Crippen molar-refractivity contribution in [2.45, 2.75) is 6.92 Å². The third-order valence-electron chi connectivity index (χ3n) is 6.44. The molecular weight excluding hydrogens is 386 g/mol. The summed E-state index contributed by atoms with van der Waals surface area (Å²) in [6.07, 6.45) is 4.19. The van der Waals surface area contributed by atoms with Crippen molar-refractivity contribution in [3.8, 4) is 5.75 Å². The molecule has 1 aliphatic heterocycles. The number of imide groups is 1. The van der Waals surface area contributed by atoms with Gasteiger partial charge in [0.15, 0.2) is 0 Å². The fourth-order valence-corrected chi connectivity index (χ4v) is 5.36. The molecule has 2 aromatic carbocycles. The Hall–Kier alpha value is -2.85. The van der Waals surface area contributed by atoms with Gasteiger partial charge in [0.1, 0.15) is 5.75 Å². The topological polar surface area (TPSA) is 46.6 Å². The van der Waals surface area contributed by atoms with Gasteiger partial charge in [-0.05, 0) is 36.3 Å². The van der Waals surface area contributed by atoms with E-state index in [0.717, 1.165) is 11.1 Å². The quantitative estimate of drug-likeness (QED) is 0.547. The zero-order valence-corrected chi connectivity index (χ0v) is 16.9. The molecule has 2 bridgehead atoms. The van der Waals surface area contributed by atoms with Crippen LogP contribution in [0.2, 0.25) is 5.02 Å². The van der Waals surface area contributed by atoms with Crippen LogP contribution in [-0.4, -0.2) is 18.9 Å². The van der Waals surface area contributed by atoms with Gasteiger partial charge in [0, 0.05) is 16.9 Å². The number of halogens is 1. The Kier molecular flexibility index (Phi) is 4.14. The van der Waals surface area contributed by atoms with Crippen molar-refractivity contribution in [3.05, 3.63) is 76.8 Å². The normalized spacial score (nSPS) is 27.0. The van der Waals surface area contributed by atoms with Gasteiger partial charge in [0.05, 0.1) is 24.6 Å². The third kappa shape index (κ3) is 2.52. The van der Waals surface area contributed by atoms with Gasteiger partial charge in [-0.15, -0.1) is 0 Å². The van der Waals surface area contributed by atoms with Crippen LogP contribution in [0.4, 0.5) is 5.69 Å². The van der Waals surface area contributed by atoms with E-state index in [9.17, 15) is 9.59 Å². The van der Waals surface area contributed by atoms with E-state index in [0.29, 0.717) is 16.5 Å². The van der Waals surface area contributed by atoms with E-state index in [1.54, 1.807) is 18.2 Å². The Morgan fingerprint density at radius 3 is 2.17 bits per heavy atom. The average molecular weight is 406 g/mol. The highest BCUT2D eigenvalue weighted by Gasteiger charge is 2.62. The molecule has 4 nitrogen and oxygen atoms in total. The lowest BCUT2D eigenvalue weighted by atomic mass is 9.85. The maximum absolute atomic E-state index is 13.4. The Morgan fingerprint density at radius 1 is 0.966 bits per heavy atom. The zero-order chi connectivity index (χ0) is 20.3. The van der Waals surface area contributed by atoms with E-state index >= 15 is 0 Å². The van der Waals surface area contributed by atoms with Crippen LogP contribution >= 0.6 is 11.6 Å². The summed E-state index contributed by atoms with van der Waals surface area (Å²) in [5.74, 6) is -0.697. The predicted octanol–water partition coefficient (Wildman–Crippen LogP) is 4.74. The largest absolute Gasteiger partial charge is 0.495 e. The first kappa shape index (κ1) is 18.2. The van der Waals surface area contributed by atoms with Crippen molar-refractivity contribution in [3.63, 3.8) is 0 Å². The van der Waals surface area contributed by atoms with Crippen LogP contribution < -0.4 is 9.64 Å². The van der Waals surface area contributed by atoms with Gasteiger partial charge >= 0.3 is 0 Å². The molecule has 4 atom stereocenters. The SMILES string of the molecule is COc1ccc(Cl)cc1N1C(=O)[C@@H]2[C@@H](C1=O)[C@H]1C=C[C@H]2C1=C(C)c1ccccc1. The van der Waals surface area contributed by atoms with Crippen LogP contribution in [0.3, 0.4) is 0 Å². The number of hydrogen-bond donors (Lipinski definition) is 0. The number of anilines is 1. The Bertz CT molecular complexity index is 1050. The van der Waals surface area contributed by atoms with Crippen molar-refractivity contribution in [2.24, 2.45) is 23.7 Å². The van der Waals surface area contributed by atoms with E-state index in [-0.39, 0.29) is 35.5 Å². The number of amides is 2. The average Bonchev–Trinajstić information content (AvgIpc) is 3.37. The molecule has 0 spiro atoms. The molecule has 5 heteroatoms. The Balaban J connectivity index is 1.57. The number of hydrogen-bond acceptors (Lipinski definition) is 3. The van der Waals surface area contributed by atoms with E-state index in [1.165, 1.54) is 17.6 Å². The van der Waals surface area contributed by atoms with Crippen LogP contribution in [0, 0.1) is 23.7 Å². The van der Waals surface area contributed by atoms with Gasteiger partial charge in [0.2, 0.25) is 11.8 Å². The van der Waals surface area contributed by atoms with Gasteiger partial charge in [-0.3, -0.25) is 9.59 Å². The molecule has 0 N–H and O–H groups in total. The summed E-state index contributed by atoms with van der Waals surface area (Å²) in [5.41, 5.74) is 3.92. The van der Waals surface area contributed by atoms with Crippen LogP contribution in [0.1, 0.15) is 12.5 Å². The highest BCUT2D eigenvalue weighted by atomic mass is 35.5. The minimum absolute atomic E-state index is 0.0446. The molecule has 29 heavy (non-hydrogen) atoms. The Morgan fingerprint density at radius 2 is 1.59 bits per heavy atom. The van der Waals surface area contributed by atoms with Crippen molar-refractivity contribution in [2.75, 3.05) is 12.0 Å². The number of benzene rings is 2. The van der Waals surface area contributed by atoms with Gasteiger partial charge in [-0.2, -0.15) is 0 Å². The van der Waals surface area contributed by atoms with E-state index in [2.05, 4.69) is 31.2 Å². The molecule has 2 aromatic rings. The Labute approximate surface area is 174 Å². The number of carbonyl (C=O) groups is 2. The molecule has 2 aliphatic carbocycles. The molecule has 2 amide bonds. The standard InChI is InChI=1S/C24H20ClNO3/c1-13(14-6-4-3-5-7-14)20-16-9-10-17(20)22-21(16)23(27)26(24(22)28)18-12-15(25)8-11-19(18)29-2/h3-12,16-17,21-22H,1-2H3/t16-,17-,21-,22-/m0/s1. The van der Waals surface area contributed by atoms with E-state index in [1.807, 2.05) is 18.2 Å². The first-order valence-corrected chi connectivity index (χ1v) is 10.1. The molecular formula is C24H20ClNO3. The van der Waals surface area contributed by atoms with Crippen LogP contribution in [-0.2, 0) is 9.59 Å². The summed E-state index contributed by atoms with van der Waals surface area (Å²) in [6, 6.07) is 15.1. The summed E-state index contributed by atoms with van der Waals surface area (Å²) in [5, 5.41) is 0.458. The smallest absolute Gasteiger partial charge is 0.238 e. The summed E-state index contributed by atoms with van der Waals surface area (Å²) in [4.78, 5) is 28.1. The molecule has 5 rings (SSSR count). The number of fused-ring (bicyclic) bond motifs is 5. The van der Waals surface area contributed by atoms with E-state index < -0.39 is 0 Å². The second-order valence-corrected chi connectivity index (χ2v) is 8.20. The third-order valence-corrected chi connectivity index (χ3v) is 6.67. The van der Waals surface area contributed by atoms with Crippen molar-refractivity contribution in [1.82, 2.24) is 0 Å². The molecule has 146 valence electrons. The fourth-order valence-electron chi connectivity index (χ4n) is 5.19. The zero-order valence-electron chi connectivity index (χ0n) is 16.1. The van der Waals surface area contributed by atoms with Crippen LogP contribution in [0.15, 0.2) is 66.3 Å². The van der Waals surface area contributed by atoms with Gasteiger partial charge < -0.3 is 4.74 Å². The lowest BCUT2D eigenvalue weighted by Crippen LogP contribution is -2.33. The molecule has 1 saturated carbocycles. The minimum Gasteiger partial charge on any atom is -0.495 e. The molecule has 3 aliphatic rings. The molecule has 0 unspecified atom stereocenters. The summed E-state index contributed by atoms with van der Waals surface area (Å²) in [6.45, 7) is 2.09. The van der Waals surface area contributed by atoms with Crippen LogP contribution in [0.25, 0.3) is 5.57 Å². The fraction of sp³-hybridized carbons (Fsp3) is 0.250. The number of carbonyl (C=O) groups excluding carboxylic acids is 2. The lowest BCUT2D eigenvalue weighted by Gasteiger charge is -2.21. The summed E-state index contributed by atoms with van der Waals surface area (Å²) in [7, 11) is 1.52. The van der Waals surface area contributed by atoms with Crippen molar-refractivity contribution >= 4 is 34.7 Å². The highest BCUT2D eigenvalue weighted by Crippen LogP contribution is 2.58. The molecule has 1 heterocycles. The molecule has 0 radical (unpaired) electrons. The summed E-state index contributed by atoms with van der Waals surface area (Å²) < 4.78 is 5.39. The first-order chi connectivity index (χ1) is 14.0. The number of nitrogens with zero attached hydrogens (tertiary/aromatic N) is 1. The highest BCUT2D eigenvalue weighted by molar-refractivity contribution is 6.31. The van der Waals surface area contributed by atoms with Gasteiger partial charge in [0.25, 0.3) is 0 Å².